The van der Waals surface area contributed by atoms with Gasteiger partial charge in [-0.05, 0) is 31.1 Å². The highest BCUT2D eigenvalue weighted by atomic mass is 16.4. The van der Waals surface area contributed by atoms with E-state index in [4.69, 9.17) is 0 Å². The molecule has 1 fully saturated rings. The van der Waals surface area contributed by atoms with E-state index in [0.29, 0.717) is 32.0 Å². The van der Waals surface area contributed by atoms with E-state index in [0.717, 1.165) is 25.7 Å². The first kappa shape index (κ1) is 21.3. The molecule has 3 amide bonds. The van der Waals surface area contributed by atoms with Gasteiger partial charge in [-0.2, -0.15) is 0 Å². The maximum Gasteiger partial charge on any atom is 0.326 e. The van der Waals surface area contributed by atoms with Crippen molar-refractivity contribution < 1.29 is 19.5 Å². The molecule has 0 aromatic heterocycles. The van der Waals surface area contributed by atoms with Gasteiger partial charge in [0.2, 0.25) is 5.91 Å². The van der Waals surface area contributed by atoms with E-state index < -0.39 is 12.0 Å². The number of urea groups is 1. The molecular formula is C18H33N3O4. The Hall–Kier alpha value is -1.79. The maximum absolute atomic E-state index is 12.2. The second kappa shape index (κ2) is 10.9. The summed E-state index contributed by atoms with van der Waals surface area (Å²) in [7, 11) is 0. The summed E-state index contributed by atoms with van der Waals surface area (Å²) in [5.74, 6) is -0.747. The largest absolute Gasteiger partial charge is 0.480 e. The fraction of sp³-hybridized carbons (Fsp3) is 0.833. The van der Waals surface area contributed by atoms with Gasteiger partial charge in [0.25, 0.3) is 0 Å². The summed E-state index contributed by atoms with van der Waals surface area (Å²) < 4.78 is 0. The molecule has 1 heterocycles. The van der Waals surface area contributed by atoms with Gasteiger partial charge in [-0.1, -0.05) is 33.6 Å². The Morgan fingerprint density at radius 2 is 2.00 bits per heavy atom. The van der Waals surface area contributed by atoms with E-state index in [2.05, 4.69) is 10.6 Å². The molecule has 0 aliphatic carbocycles. The van der Waals surface area contributed by atoms with Crippen molar-refractivity contribution >= 4 is 17.9 Å². The van der Waals surface area contributed by atoms with Crippen molar-refractivity contribution in [2.24, 2.45) is 11.8 Å². The number of hydrogen-bond acceptors (Lipinski definition) is 3. The number of nitrogens with one attached hydrogen (secondary N) is 2. The predicted octanol–water partition coefficient (Wildman–Crippen LogP) is 2.21. The summed E-state index contributed by atoms with van der Waals surface area (Å²) in [5.41, 5.74) is 0. The van der Waals surface area contributed by atoms with Gasteiger partial charge in [0.15, 0.2) is 0 Å². The molecule has 0 bridgehead atoms. The van der Waals surface area contributed by atoms with Crippen molar-refractivity contribution in [1.29, 1.82) is 0 Å². The van der Waals surface area contributed by atoms with Crippen LogP contribution in [0.15, 0.2) is 0 Å². The molecule has 0 aromatic rings. The van der Waals surface area contributed by atoms with Crippen LogP contribution in [0.2, 0.25) is 0 Å². The first-order valence-corrected chi connectivity index (χ1v) is 9.38. The van der Waals surface area contributed by atoms with Crippen LogP contribution < -0.4 is 10.6 Å². The number of rotatable bonds is 9. The smallest absolute Gasteiger partial charge is 0.326 e. The number of carbonyl (C=O) groups is 3. The lowest BCUT2D eigenvalue weighted by Gasteiger charge is -2.33. The number of carboxylic acids is 1. The van der Waals surface area contributed by atoms with Crippen molar-refractivity contribution in [2.75, 3.05) is 19.6 Å². The molecule has 1 saturated heterocycles. The van der Waals surface area contributed by atoms with Gasteiger partial charge in [0.05, 0.1) is 0 Å². The number of piperidine rings is 1. The highest BCUT2D eigenvalue weighted by Crippen LogP contribution is 2.20. The molecule has 1 aliphatic rings. The molecule has 1 aliphatic heterocycles. The minimum atomic E-state index is -0.986. The number of hydrogen-bond donors (Lipinski definition) is 3. The van der Waals surface area contributed by atoms with Crippen molar-refractivity contribution in [3.63, 3.8) is 0 Å². The fourth-order valence-corrected chi connectivity index (χ4v) is 3.00. The molecule has 2 atom stereocenters. The van der Waals surface area contributed by atoms with Crippen molar-refractivity contribution in [3.05, 3.63) is 0 Å². The summed E-state index contributed by atoms with van der Waals surface area (Å²) in [5, 5.41) is 14.7. The topological polar surface area (TPSA) is 98.7 Å². The van der Waals surface area contributed by atoms with E-state index in [1.54, 1.807) is 4.90 Å². The van der Waals surface area contributed by atoms with E-state index in [9.17, 15) is 19.5 Å². The van der Waals surface area contributed by atoms with Gasteiger partial charge in [-0.25, -0.2) is 9.59 Å². The van der Waals surface area contributed by atoms with Crippen LogP contribution in [0.3, 0.4) is 0 Å². The number of nitrogens with zero attached hydrogens (tertiary/aromatic N) is 1. The molecular weight excluding hydrogens is 322 g/mol. The summed E-state index contributed by atoms with van der Waals surface area (Å²) >= 11 is 0. The number of aliphatic carboxylic acids is 1. The first-order chi connectivity index (χ1) is 11.8. The Morgan fingerprint density at radius 3 is 2.60 bits per heavy atom. The van der Waals surface area contributed by atoms with Crippen LogP contribution in [-0.2, 0) is 9.59 Å². The Bertz CT molecular complexity index is 454. The molecule has 1 rings (SSSR count). The summed E-state index contributed by atoms with van der Waals surface area (Å²) in [6.07, 6.45) is 4.13. The summed E-state index contributed by atoms with van der Waals surface area (Å²) in [6, 6.07) is -0.897. The quantitative estimate of drug-likeness (QED) is 0.590. The van der Waals surface area contributed by atoms with Gasteiger partial charge in [0, 0.05) is 26.1 Å². The maximum atomic E-state index is 12.2. The van der Waals surface area contributed by atoms with Crippen LogP contribution in [0, 0.1) is 11.8 Å². The number of carboxylic acid groups (broad SMARTS) is 1. The summed E-state index contributed by atoms with van der Waals surface area (Å²) in [4.78, 5) is 37.3. The molecule has 0 saturated carbocycles. The lowest BCUT2D eigenvalue weighted by atomic mass is 9.94. The molecule has 7 heteroatoms. The highest BCUT2D eigenvalue weighted by molar-refractivity contribution is 5.83. The van der Waals surface area contributed by atoms with Crippen LogP contribution >= 0.6 is 0 Å². The zero-order valence-electron chi connectivity index (χ0n) is 15.7. The second-order valence-corrected chi connectivity index (χ2v) is 7.34. The van der Waals surface area contributed by atoms with Crippen LogP contribution in [-0.4, -0.2) is 53.6 Å². The number of amides is 3. The Labute approximate surface area is 150 Å². The van der Waals surface area contributed by atoms with E-state index in [-0.39, 0.29) is 24.3 Å². The fourth-order valence-electron chi connectivity index (χ4n) is 3.00. The monoisotopic (exact) mass is 355 g/mol. The number of carbonyl (C=O) groups excluding carboxylic acids is 2. The third kappa shape index (κ3) is 8.23. The van der Waals surface area contributed by atoms with Crippen molar-refractivity contribution in [1.82, 2.24) is 15.5 Å². The van der Waals surface area contributed by atoms with Crippen LogP contribution in [0.5, 0.6) is 0 Å². The van der Waals surface area contributed by atoms with Crippen molar-refractivity contribution in [2.45, 2.75) is 65.3 Å². The number of likely N-dealkylation sites (tertiary alicyclic amines) is 1. The first-order valence-electron chi connectivity index (χ1n) is 9.38. The normalized spacial score (nSPS) is 18.7. The molecule has 0 aromatic carbocycles. The Kier molecular flexibility index (Phi) is 9.31. The second-order valence-electron chi connectivity index (χ2n) is 7.34. The Morgan fingerprint density at radius 1 is 1.28 bits per heavy atom. The molecule has 3 N–H and O–H groups in total. The van der Waals surface area contributed by atoms with E-state index in [1.165, 1.54) is 0 Å². The SMILES string of the molecule is CCCC[C@H](NC(=O)CC1CCCN(C(=O)NCC(C)C)C1)C(=O)O. The molecule has 1 unspecified atom stereocenters. The zero-order chi connectivity index (χ0) is 18.8. The van der Waals surface area contributed by atoms with Gasteiger partial charge in [-0.15, -0.1) is 0 Å². The molecule has 7 nitrogen and oxygen atoms in total. The lowest BCUT2D eigenvalue weighted by molar-refractivity contribution is -0.142. The molecule has 0 radical (unpaired) electrons. The van der Waals surface area contributed by atoms with Crippen molar-refractivity contribution in [3.8, 4) is 0 Å². The minimum Gasteiger partial charge on any atom is -0.480 e. The predicted molar refractivity (Wildman–Crippen MR) is 96.2 cm³/mol. The lowest BCUT2D eigenvalue weighted by Crippen LogP contribution is -2.47. The highest BCUT2D eigenvalue weighted by Gasteiger charge is 2.27. The minimum absolute atomic E-state index is 0.0785. The van der Waals surface area contributed by atoms with E-state index >= 15 is 0 Å². The van der Waals surface area contributed by atoms with Crippen LogP contribution in [0.1, 0.15) is 59.3 Å². The standard InChI is InChI=1S/C18H33N3O4/c1-4-5-8-15(17(23)24)20-16(22)10-14-7-6-9-21(12-14)18(25)19-11-13(2)3/h13-15H,4-12H2,1-3H3,(H,19,25)(H,20,22)(H,23,24)/t14?,15-/m0/s1. The summed E-state index contributed by atoms with van der Waals surface area (Å²) in [6.45, 7) is 7.96. The van der Waals surface area contributed by atoms with Crippen LogP contribution in [0.4, 0.5) is 4.79 Å². The van der Waals surface area contributed by atoms with Gasteiger partial charge < -0.3 is 20.6 Å². The van der Waals surface area contributed by atoms with E-state index in [1.807, 2.05) is 20.8 Å². The molecule has 144 valence electrons. The third-order valence-electron chi connectivity index (χ3n) is 4.42. The third-order valence-corrected chi connectivity index (χ3v) is 4.42. The molecule has 0 spiro atoms. The average molecular weight is 355 g/mol. The van der Waals surface area contributed by atoms with Crippen LogP contribution in [0.25, 0.3) is 0 Å². The van der Waals surface area contributed by atoms with Gasteiger partial charge in [-0.3, -0.25) is 4.79 Å². The zero-order valence-corrected chi connectivity index (χ0v) is 15.7. The number of unbranched alkanes of at least 4 members (excludes halogenated alkanes) is 1. The van der Waals surface area contributed by atoms with Gasteiger partial charge >= 0.3 is 12.0 Å². The molecule has 25 heavy (non-hydrogen) atoms. The average Bonchev–Trinajstić information content (AvgIpc) is 2.56. The van der Waals surface area contributed by atoms with Gasteiger partial charge in [0.1, 0.15) is 6.04 Å². The Balaban J connectivity index is 2.45.